The first-order valence-corrected chi connectivity index (χ1v) is 16.6. The van der Waals surface area contributed by atoms with E-state index in [1.807, 2.05) is 18.2 Å². The van der Waals surface area contributed by atoms with E-state index in [2.05, 4.69) is 41.2 Å². The molecule has 242 valence electrons. The van der Waals surface area contributed by atoms with Gasteiger partial charge in [-0.25, -0.2) is 4.39 Å². The Balaban J connectivity index is 1.34. The number of hydrogen-bond donors (Lipinski definition) is 0. The fourth-order valence-corrected chi connectivity index (χ4v) is 7.14. The summed E-state index contributed by atoms with van der Waals surface area (Å²) in [4.78, 5) is 31.1. The summed E-state index contributed by atoms with van der Waals surface area (Å²) in [5.74, 6) is 0.181. The van der Waals surface area contributed by atoms with Crippen LogP contribution in [0.3, 0.4) is 0 Å². The van der Waals surface area contributed by atoms with Gasteiger partial charge in [-0.2, -0.15) is 15.2 Å². The van der Waals surface area contributed by atoms with Crippen LogP contribution in [-0.2, 0) is 17.8 Å². The topological polar surface area (TPSA) is 88.8 Å². The maximum absolute atomic E-state index is 14.6. The van der Waals surface area contributed by atoms with Crippen molar-refractivity contribution in [2.45, 2.75) is 52.1 Å². The maximum atomic E-state index is 14.6. The molecule has 2 aromatic carbocycles. The third kappa shape index (κ3) is 6.36. The number of halogens is 2. The van der Waals surface area contributed by atoms with Crippen LogP contribution in [0.15, 0.2) is 43.0 Å². The SMILES string of the molecule is C=CC(=O)N1CCN(c2nc(OCC3(CN(CC)CC)CC3)nc3c2CCN(c2cccc4ccc(F)c(Cl)c24)C3)CC1CC#N. The summed E-state index contributed by atoms with van der Waals surface area (Å²) in [6.07, 6.45) is 4.41. The summed E-state index contributed by atoms with van der Waals surface area (Å²) in [5, 5.41) is 11.2. The number of benzene rings is 2. The molecular weight excluding hydrogens is 605 g/mol. The lowest BCUT2D eigenvalue weighted by Gasteiger charge is -2.42. The van der Waals surface area contributed by atoms with E-state index >= 15 is 0 Å². The van der Waals surface area contributed by atoms with Gasteiger partial charge in [0.1, 0.15) is 11.6 Å². The Morgan fingerprint density at radius 2 is 2.00 bits per heavy atom. The number of piperazine rings is 1. The molecule has 1 unspecified atom stereocenters. The lowest BCUT2D eigenvalue weighted by Crippen LogP contribution is -2.55. The summed E-state index contributed by atoms with van der Waals surface area (Å²) in [5.41, 5.74) is 2.85. The second kappa shape index (κ2) is 13.4. The Morgan fingerprint density at radius 1 is 1.20 bits per heavy atom. The molecule has 1 amide bonds. The van der Waals surface area contributed by atoms with Crippen molar-refractivity contribution in [1.82, 2.24) is 19.8 Å². The van der Waals surface area contributed by atoms with Crippen LogP contribution in [0.5, 0.6) is 6.01 Å². The Bertz CT molecular complexity index is 1670. The molecule has 0 N–H and O–H groups in total. The number of nitriles is 1. The second-order valence-electron chi connectivity index (χ2n) is 12.6. The number of nitrogens with zero attached hydrogens (tertiary/aromatic N) is 7. The fraction of sp³-hybridized carbons (Fsp3) is 0.486. The summed E-state index contributed by atoms with van der Waals surface area (Å²) in [6.45, 7) is 14.2. The quantitative estimate of drug-likeness (QED) is 0.249. The molecule has 1 saturated heterocycles. The van der Waals surface area contributed by atoms with Crippen molar-refractivity contribution in [2.75, 3.05) is 62.2 Å². The molecule has 0 radical (unpaired) electrons. The number of anilines is 2. The number of amides is 1. The highest BCUT2D eigenvalue weighted by Crippen LogP contribution is 2.46. The van der Waals surface area contributed by atoms with Gasteiger partial charge in [0.15, 0.2) is 0 Å². The lowest BCUT2D eigenvalue weighted by atomic mass is 10.0. The van der Waals surface area contributed by atoms with Crippen LogP contribution >= 0.6 is 11.6 Å². The minimum Gasteiger partial charge on any atom is -0.463 e. The van der Waals surface area contributed by atoms with Crippen LogP contribution in [-0.4, -0.2) is 84.1 Å². The second-order valence-corrected chi connectivity index (χ2v) is 13.0. The molecule has 1 atom stereocenters. The summed E-state index contributed by atoms with van der Waals surface area (Å²) in [7, 11) is 0. The van der Waals surface area contributed by atoms with Gasteiger partial charge in [0.25, 0.3) is 0 Å². The van der Waals surface area contributed by atoms with E-state index in [0.717, 1.165) is 60.6 Å². The predicted octanol–water partition coefficient (Wildman–Crippen LogP) is 5.60. The molecule has 46 heavy (non-hydrogen) atoms. The van der Waals surface area contributed by atoms with Gasteiger partial charge >= 0.3 is 6.01 Å². The van der Waals surface area contributed by atoms with Gasteiger partial charge in [0.05, 0.1) is 42.4 Å². The van der Waals surface area contributed by atoms with E-state index in [1.165, 1.54) is 12.1 Å². The largest absolute Gasteiger partial charge is 0.463 e. The molecule has 2 fully saturated rings. The first-order valence-electron chi connectivity index (χ1n) is 16.2. The monoisotopic (exact) mass is 645 g/mol. The fourth-order valence-electron chi connectivity index (χ4n) is 6.87. The highest BCUT2D eigenvalue weighted by molar-refractivity contribution is 6.36. The van der Waals surface area contributed by atoms with Gasteiger partial charge in [-0.05, 0) is 55.9 Å². The van der Waals surface area contributed by atoms with Crippen LogP contribution in [0.1, 0.15) is 44.4 Å². The van der Waals surface area contributed by atoms with E-state index in [4.69, 9.17) is 26.3 Å². The summed E-state index contributed by atoms with van der Waals surface area (Å²) < 4.78 is 21.0. The first kappa shape index (κ1) is 32.0. The van der Waals surface area contributed by atoms with Gasteiger partial charge < -0.3 is 24.3 Å². The number of hydrogen-bond acceptors (Lipinski definition) is 8. The highest BCUT2D eigenvalue weighted by atomic mass is 35.5. The Kier molecular flexibility index (Phi) is 9.34. The van der Waals surface area contributed by atoms with Crippen molar-refractivity contribution in [3.8, 4) is 12.1 Å². The van der Waals surface area contributed by atoms with Crippen LogP contribution in [0.4, 0.5) is 15.9 Å². The van der Waals surface area contributed by atoms with Crippen LogP contribution < -0.4 is 14.5 Å². The standard InChI is InChI=1S/C35H41ClFN7O2/c1-4-30(45)44-19-18-43(20-25(44)12-16-38)33-26-13-17-42(29-9-7-8-24-10-11-27(37)32(36)31(24)29)21-28(26)39-34(40-33)46-23-35(14-15-35)22-41(5-2)6-3/h4,7-11,25H,1,5-6,12-15,17-23H2,2-3H3. The third-order valence-corrected chi connectivity index (χ3v) is 10.1. The van der Waals surface area contributed by atoms with Crippen molar-refractivity contribution in [3.63, 3.8) is 0 Å². The molecule has 3 aromatic rings. The molecule has 11 heteroatoms. The number of carbonyl (C=O) groups excluding carboxylic acids is 1. The minimum absolute atomic E-state index is 0.107. The Labute approximate surface area is 275 Å². The number of rotatable bonds is 11. The molecule has 1 saturated carbocycles. The molecule has 1 aliphatic carbocycles. The number of carbonyl (C=O) groups is 1. The third-order valence-electron chi connectivity index (χ3n) is 9.76. The number of aromatic nitrogens is 2. The number of fused-ring (bicyclic) bond motifs is 2. The zero-order chi connectivity index (χ0) is 32.4. The molecule has 0 spiro atoms. The molecule has 9 nitrogen and oxygen atoms in total. The van der Waals surface area contributed by atoms with E-state index in [0.29, 0.717) is 57.1 Å². The molecular formula is C35H41ClFN7O2. The van der Waals surface area contributed by atoms with Crippen LogP contribution in [0, 0.1) is 22.6 Å². The van der Waals surface area contributed by atoms with Gasteiger partial charge in [0, 0.05) is 54.8 Å². The molecule has 3 aliphatic rings. The lowest BCUT2D eigenvalue weighted by molar-refractivity contribution is -0.128. The number of ether oxygens (including phenoxy) is 1. The van der Waals surface area contributed by atoms with Crippen molar-refractivity contribution in [2.24, 2.45) is 5.41 Å². The highest BCUT2D eigenvalue weighted by Gasteiger charge is 2.45. The normalized spacial score (nSPS) is 18.8. The Morgan fingerprint density at radius 3 is 2.72 bits per heavy atom. The first-order chi connectivity index (χ1) is 22.3. The maximum Gasteiger partial charge on any atom is 0.318 e. The van der Waals surface area contributed by atoms with E-state index in [1.54, 1.807) is 11.0 Å². The van der Waals surface area contributed by atoms with E-state index in [9.17, 15) is 14.4 Å². The molecule has 0 bridgehead atoms. The zero-order valence-corrected chi connectivity index (χ0v) is 27.4. The minimum atomic E-state index is -0.445. The zero-order valence-electron chi connectivity index (χ0n) is 26.6. The average molecular weight is 646 g/mol. The molecule has 1 aromatic heterocycles. The predicted molar refractivity (Wildman–Crippen MR) is 179 cm³/mol. The van der Waals surface area contributed by atoms with Crippen LogP contribution in [0.25, 0.3) is 10.8 Å². The summed E-state index contributed by atoms with van der Waals surface area (Å²) in [6, 6.07) is 11.3. The van der Waals surface area contributed by atoms with E-state index in [-0.39, 0.29) is 28.8 Å². The van der Waals surface area contributed by atoms with E-state index < -0.39 is 5.82 Å². The van der Waals surface area contributed by atoms with Crippen molar-refractivity contribution >= 4 is 39.8 Å². The Hall–Kier alpha value is -3.94. The van der Waals surface area contributed by atoms with Gasteiger partial charge in [0.2, 0.25) is 5.91 Å². The van der Waals surface area contributed by atoms with Gasteiger partial charge in [-0.15, -0.1) is 0 Å². The smallest absolute Gasteiger partial charge is 0.318 e. The van der Waals surface area contributed by atoms with Crippen molar-refractivity contribution in [3.05, 3.63) is 65.1 Å². The molecule has 3 heterocycles. The van der Waals surface area contributed by atoms with Crippen molar-refractivity contribution in [1.29, 1.82) is 5.26 Å². The van der Waals surface area contributed by atoms with Crippen LogP contribution in [0.2, 0.25) is 5.02 Å². The van der Waals surface area contributed by atoms with Gasteiger partial charge in [-0.3, -0.25) is 4.79 Å². The van der Waals surface area contributed by atoms with Gasteiger partial charge in [-0.1, -0.05) is 50.2 Å². The molecule has 6 rings (SSSR count). The molecule has 2 aliphatic heterocycles. The van der Waals surface area contributed by atoms with Crippen molar-refractivity contribution < 1.29 is 13.9 Å². The average Bonchev–Trinajstić information content (AvgIpc) is 3.86. The summed E-state index contributed by atoms with van der Waals surface area (Å²) >= 11 is 6.52.